The molecule has 6 atom stereocenters. The molecule has 4 unspecified atom stereocenters. The quantitative estimate of drug-likeness (QED) is 0.0814. The lowest BCUT2D eigenvalue weighted by molar-refractivity contribution is -0.141. The Morgan fingerprint density at radius 1 is 0.597 bits per heavy atom. The number of hydrogen-bond donors (Lipinski definition) is 6. The summed E-state index contributed by atoms with van der Waals surface area (Å²) in [5.41, 5.74) is 1.17. The summed E-state index contributed by atoms with van der Waals surface area (Å²) in [6.07, 6.45) is 4.78. The van der Waals surface area contributed by atoms with Crippen molar-refractivity contribution in [1.82, 2.24) is 51.5 Å². The van der Waals surface area contributed by atoms with Crippen LogP contribution in [-0.4, -0.2) is 191 Å². The second kappa shape index (κ2) is 31.3. The molecule has 6 N–H and O–H groups in total. The van der Waals surface area contributed by atoms with Crippen LogP contribution in [0.5, 0.6) is 0 Å². The van der Waals surface area contributed by atoms with Crippen molar-refractivity contribution in [3.05, 3.63) is 71.8 Å². The monoisotopic (exact) mass is 1110 g/mol. The lowest BCUT2D eigenvalue weighted by Gasteiger charge is -2.26. The Morgan fingerprint density at radius 3 is 1.40 bits per heavy atom. The minimum Gasteiger partial charge on any atom is -0.347 e. The fraction of sp³-hybridized carbons (Fsp3) is 0.574. The third-order valence-corrected chi connectivity index (χ3v) is 16.6. The van der Waals surface area contributed by atoms with Crippen LogP contribution in [0, 0.1) is 0 Å². The molecule has 0 radical (unpaired) electrons. The molecule has 3 heterocycles. The minimum atomic E-state index is -1.08. The summed E-state index contributed by atoms with van der Waals surface area (Å²) in [6.45, 7) is 8.78. The van der Waals surface area contributed by atoms with Crippen LogP contribution in [0.15, 0.2) is 60.7 Å². The van der Waals surface area contributed by atoms with Gasteiger partial charge in [-0.05, 0) is 67.8 Å². The standard InChI is InChI=1S/C29H43N5O5S2.C25H35N5O6/c1-5-12-21(31-26(37)22-17-29(19-34(22)6-2)40-15-10-11-16-41-29)25(36)27(38)30-18-23(35)32-24(28(39)33(3)4)20-13-8-7-9-14-20;1-5-10-18(27-23(34)19-13-17(31)15-30(19)6-2)22(33)24(35)26-14-20(32)28-21(25(36)29(3)4)16-11-8-7-9-12-16/h7-9,13-14,21-22,24H,5-6,10-12,15-19H2,1-4H3,(H,30,38)(H,31,37)(H,32,35);7-9,11-12,18-19,21H,5-6,10,13-15H2,1-4H3,(H,26,35)(H,27,34)(H,28,32)/t21?,22?,24-;18?,19?,21-/m00/s1. The van der Waals surface area contributed by atoms with Crippen LogP contribution in [0.4, 0.5) is 0 Å². The molecule has 2 aromatic rings. The van der Waals surface area contributed by atoms with Gasteiger partial charge in [-0.25, -0.2) is 0 Å². The van der Waals surface area contributed by atoms with Crippen LogP contribution in [0.2, 0.25) is 0 Å². The predicted octanol–water partition coefficient (Wildman–Crippen LogP) is 1.52. The van der Waals surface area contributed by atoms with Crippen molar-refractivity contribution in [2.75, 3.05) is 79.0 Å². The molecule has 1 spiro atoms. The van der Waals surface area contributed by atoms with Gasteiger partial charge in [-0.2, -0.15) is 0 Å². The van der Waals surface area contributed by atoms with Crippen LogP contribution in [-0.2, 0) is 52.7 Å². The van der Waals surface area contributed by atoms with E-state index < -0.39 is 84.4 Å². The second-order valence-electron chi connectivity index (χ2n) is 19.5. The van der Waals surface area contributed by atoms with Crippen LogP contribution < -0.4 is 31.9 Å². The number of likely N-dealkylation sites (N-methyl/N-ethyl adjacent to an activating group) is 4. The number of amides is 8. The highest BCUT2D eigenvalue weighted by Gasteiger charge is 2.48. The van der Waals surface area contributed by atoms with E-state index in [1.54, 1.807) is 101 Å². The number of nitrogens with zero attached hydrogens (tertiary/aromatic N) is 4. The Hall–Kier alpha value is -6.17. The molecular formula is C54H78N10O11S2. The number of carbonyl (C=O) groups is 11. The fourth-order valence-corrected chi connectivity index (χ4v) is 12.4. The molecule has 77 heavy (non-hydrogen) atoms. The highest BCUT2D eigenvalue weighted by molar-refractivity contribution is 8.18. The first-order chi connectivity index (χ1) is 36.7. The van der Waals surface area contributed by atoms with Gasteiger partial charge in [-0.15, -0.1) is 23.5 Å². The second-order valence-corrected chi connectivity index (χ2v) is 22.7. The van der Waals surface area contributed by atoms with Gasteiger partial charge in [0.2, 0.25) is 47.0 Å². The van der Waals surface area contributed by atoms with E-state index in [2.05, 4.69) is 36.8 Å². The van der Waals surface area contributed by atoms with Gasteiger partial charge in [0.15, 0.2) is 0 Å². The Labute approximate surface area is 460 Å². The highest BCUT2D eigenvalue weighted by Crippen LogP contribution is 2.49. The number of benzene rings is 2. The third kappa shape index (κ3) is 18.8. The molecule has 8 amide bonds. The van der Waals surface area contributed by atoms with Gasteiger partial charge >= 0.3 is 0 Å². The van der Waals surface area contributed by atoms with Crippen molar-refractivity contribution in [2.24, 2.45) is 0 Å². The van der Waals surface area contributed by atoms with Crippen LogP contribution >= 0.6 is 23.5 Å². The lowest BCUT2D eigenvalue weighted by atomic mass is 10.0. The summed E-state index contributed by atoms with van der Waals surface area (Å²) in [5.74, 6) is -4.18. The zero-order valence-electron chi connectivity index (χ0n) is 45.6. The number of hydrogen-bond acceptors (Lipinski definition) is 15. The average molecular weight is 1110 g/mol. The fourth-order valence-electron chi connectivity index (χ4n) is 9.08. The van der Waals surface area contributed by atoms with Gasteiger partial charge in [0.1, 0.15) is 17.9 Å². The third-order valence-electron chi connectivity index (χ3n) is 13.3. The maximum Gasteiger partial charge on any atom is 0.290 e. The summed E-state index contributed by atoms with van der Waals surface area (Å²) in [4.78, 5) is 146. The van der Waals surface area contributed by atoms with Gasteiger partial charge in [0.25, 0.3) is 11.8 Å². The molecule has 0 bridgehead atoms. The first kappa shape index (κ1) is 63.4. The SMILES string of the molecule is CCCC(NC(=O)C1CC(=O)CN1CC)C(=O)C(=O)NCC(=O)N[C@H](C(=O)N(C)C)c1ccccc1.CCCC(NC(=O)C1CC2(CN1CC)SCCCCS2)C(=O)C(=O)NCC(=O)N[C@H](C(=O)N(C)C)c1ccccc1. The first-order valence-electron chi connectivity index (χ1n) is 26.3. The van der Waals surface area contributed by atoms with Gasteiger partial charge in [-0.1, -0.05) is 101 Å². The smallest absolute Gasteiger partial charge is 0.290 e. The summed E-state index contributed by atoms with van der Waals surface area (Å²) in [5, 5.41) is 15.3. The zero-order chi connectivity index (χ0) is 56.8. The summed E-state index contributed by atoms with van der Waals surface area (Å²) < 4.78 is -0.0188. The molecule has 3 saturated heterocycles. The largest absolute Gasteiger partial charge is 0.347 e. The summed E-state index contributed by atoms with van der Waals surface area (Å²) >= 11 is 3.88. The topological polar surface area (TPSA) is 273 Å². The Morgan fingerprint density at radius 2 is 1.01 bits per heavy atom. The van der Waals surface area contributed by atoms with E-state index in [4.69, 9.17) is 0 Å². The van der Waals surface area contributed by atoms with E-state index in [0.717, 1.165) is 24.6 Å². The normalized spacial score (nSPS) is 18.6. The van der Waals surface area contributed by atoms with E-state index in [1.165, 1.54) is 22.6 Å². The number of carbonyl (C=O) groups excluding carboxylic acids is 11. The van der Waals surface area contributed by atoms with E-state index in [1.807, 2.05) is 44.3 Å². The van der Waals surface area contributed by atoms with Crippen molar-refractivity contribution in [2.45, 2.75) is 119 Å². The zero-order valence-corrected chi connectivity index (χ0v) is 47.3. The number of Topliss-reactive ketones (excluding diaryl/α,β-unsaturated/α-hetero) is 3. The van der Waals surface area contributed by atoms with Gasteiger partial charge < -0.3 is 41.7 Å². The van der Waals surface area contributed by atoms with Crippen molar-refractivity contribution >= 4 is 88.1 Å². The van der Waals surface area contributed by atoms with Crippen LogP contribution in [0.3, 0.4) is 0 Å². The number of ketones is 3. The lowest BCUT2D eigenvalue weighted by Crippen LogP contribution is -2.53. The predicted molar refractivity (Wildman–Crippen MR) is 295 cm³/mol. The van der Waals surface area contributed by atoms with Crippen LogP contribution in [0.1, 0.15) is 102 Å². The molecule has 0 aliphatic carbocycles. The van der Waals surface area contributed by atoms with Crippen molar-refractivity contribution in [3.63, 3.8) is 0 Å². The minimum absolute atomic E-state index is 0.0188. The molecule has 0 saturated carbocycles. The van der Waals surface area contributed by atoms with Crippen molar-refractivity contribution < 1.29 is 52.7 Å². The summed E-state index contributed by atoms with van der Waals surface area (Å²) in [6, 6.07) is 12.5. The van der Waals surface area contributed by atoms with Gasteiger partial charge in [-0.3, -0.25) is 62.5 Å². The number of rotatable bonds is 24. The van der Waals surface area contributed by atoms with Crippen molar-refractivity contribution in [3.8, 4) is 0 Å². The molecular weight excluding hydrogens is 1030 g/mol. The van der Waals surface area contributed by atoms with E-state index in [-0.39, 0.29) is 53.0 Å². The molecule has 422 valence electrons. The average Bonchev–Trinajstić information content (AvgIpc) is 3.91. The summed E-state index contributed by atoms with van der Waals surface area (Å²) in [7, 11) is 6.31. The maximum atomic E-state index is 13.4. The molecule has 23 heteroatoms. The molecule has 21 nitrogen and oxygen atoms in total. The van der Waals surface area contributed by atoms with Gasteiger partial charge in [0, 0.05) is 41.2 Å². The molecule has 3 aliphatic rings. The molecule has 2 aromatic carbocycles. The van der Waals surface area contributed by atoms with E-state index in [9.17, 15) is 52.7 Å². The van der Waals surface area contributed by atoms with Crippen LogP contribution in [0.25, 0.3) is 0 Å². The van der Waals surface area contributed by atoms with Gasteiger partial charge in [0.05, 0.1) is 47.9 Å². The molecule has 5 rings (SSSR count). The Kier molecular flexibility index (Phi) is 25.7. The maximum absolute atomic E-state index is 13.4. The van der Waals surface area contributed by atoms with Crippen molar-refractivity contribution in [1.29, 1.82) is 0 Å². The first-order valence-corrected chi connectivity index (χ1v) is 28.3. The van der Waals surface area contributed by atoms with E-state index in [0.29, 0.717) is 43.4 Å². The van der Waals surface area contributed by atoms with E-state index >= 15 is 0 Å². The molecule has 3 fully saturated rings. The number of thioether (sulfide) groups is 2. The number of likely N-dealkylation sites (tertiary alicyclic amines) is 2. The Balaban J connectivity index is 0.000000336. The number of nitrogens with one attached hydrogen (secondary N) is 6. The molecule has 0 aromatic heterocycles. The highest BCUT2D eigenvalue weighted by atomic mass is 32.2. The Bertz CT molecular complexity index is 2390. The molecule has 3 aliphatic heterocycles.